The molecule has 0 saturated heterocycles. The molecule has 7 aromatic rings. The fourth-order valence-corrected chi connectivity index (χ4v) is 13.2. The van der Waals surface area contributed by atoms with Crippen molar-refractivity contribution in [2.45, 2.75) is 55.4 Å². The topological polar surface area (TPSA) is 52.6 Å². The van der Waals surface area contributed by atoms with Crippen molar-refractivity contribution in [1.29, 1.82) is 0 Å². The van der Waals surface area contributed by atoms with Crippen LogP contribution in [0.15, 0.2) is 35.0 Å². The maximum Gasteiger partial charge on any atom is 0.175 e. The van der Waals surface area contributed by atoms with Crippen molar-refractivity contribution < 1.29 is 19.1 Å². The van der Waals surface area contributed by atoms with Gasteiger partial charge in [-0.05, 0) is 36.1 Å². The minimum absolute atomic E-state index is 0.0296. The van der Waals surface area contributed by atoms with E-state index in [4.69, 9.17) is 9.47 Å². The fraction of sp³-hybridized carbons (Fsp3) is 0.368. The Balaban J connectivity index is 1.43. The number of ketones is 2. The number of ether oxygens (including phenoxy) is 2. The third kappa shape index (κ3) is 6.07. The molecule has 48 heavy (non-hydrogen) atoms. The number of fused-ring (bicyclic) bond motifs is 4. The number of hydrogen-bond donors (Lipinski definition) is 0. The Kier molecular flexibility index (Phi) is 9.36. The largest absolute Gasteiger partial charge is 0.491 e. The number of Topliss-reactive ketones (excluding diaryl/α,β-unsaturated/α-hetero) is 2. The van der Waals surface area contributed by atoms with E-state index in [1.54, 1.807) is 68.0 Å². The van der Waals surface area contributed by atoms with Gasteiger partial charge in [-0.2, -0.15) is 0 Å². The van der Waals surface area contributed by atoms with Crippen LogP contribution in [0, 0.1) is 23.7 Å². The molecular formula is C38H38O4S6. The van der Waals surface area contributed by atoms with Crippen LogP contribution >= 0.6 is 68.0 Å². The molecule has 0 spiro atoms. The SMILES string of the molecule is CC(C)COc1c2cc(-c3scc4cc(C(=O)C(C)C)sc34)sc2c(OCC(C)C)c2cc(-c3scc4cc(C(=O)C(C)C)sc34)sc12. The molecule has 0 atom stereocenters. The zero-order chi connectivity index (χ0) is 34.0. The molecule has 0 unspecified atom stereocenters. The molecule has 1 aromatic carbocycles. The lowest BCUT2D eigenvalue weighted by Crippen LogP contribution is -2.06. The second-order valence-corrected chi connectivity index (χ2v) is 19.7. The van der Waals surface area contributed by atoms with E-state index in [9.17, 15) is 9.59 Å². The Morgan fingerprint density at radius 1 is 0.562 bits per heavy atom. The zero-order valence-electron chi connectivity index (χ0n) is 28.3. The lowest BCUT2D eigenvalue weighted by Gasteiger charge is -2.15. The van der Waals surface area contributed by atoms with Crippen molar-refractivity contribution in [2.75, 3.05) is 13.2 Å². The van der Waals surface area contributed by atoms with Crippen LogP contribution in [0.1, 0.15) is 74.7 Å². The Morgan fingerprint density at radius 2 is 0.958 bits per heavy atom. The van der Waals surface area contributed by atoms with E-state index in [0.717, 1.165) is 62.0 Å². The summed E-state index contributed by atoms with van der Waals surface area (Å²) in [4.78, 5) is 32.1. The summed E-state index contributed by atoms with van der Waals surface area (Å²) >= 11 is 10.2. The standard InChI is InChI=1S/C38H38O4S6/c1-17(2)13-41-31-23-11-27(37-33-21(15-43-37)9-25(45-33)29(39)19(5)6)48-36(23)32(42-14-18(3)4)24-12-28(47-35(24)31)38-34-22(16-44-38)10-26(46-34)30(40)20(7)8/h9-12,15-20H,13-14H2,1-8H3. The second kappa shape index (κ2) is 13.3. The van der Waals surface area contributed by atoms with E-state index in [-0.39, 0.29) is 23.4 Å². The van der Waals surface area contributed by atoms with Gasteiger partial charge in [0.25, 0.3) is 0 Å². The van der Waals surface area contributed by atoms with E-state index in [2.05, 4.69) is 62.7 Å². The van der Waals surface area contributed by atoms with Crippen LogP contribution in [-0.2, 0) is 0 Å². The van der Waals surface area contributed by atoms with Crippen molar-refractivity contribution in [3.63, 3.8) is 0 Å². The number of thiophene rings is 6. The third-order valence-corrected chi connectivity index (χ3v) is 15.3. The Bertz CT molecular complexity index is 2100. The molecule has 7 rings (SSSR count). The van der Waals surface area contributed by atoms with Gasteiger partial charge in [0, 0.05) is 53.9 Å². The van der Waals surface area contributed by atoms with Crippen LogP contribution in [-0.4, -0.2) is 24.8 Å². The first-order valence-corrected chi connectivity index (χ1v) is 21.3. The summed E-state index contributed by atoms with van der Waals surface area (Å²) in [5, 5.41) is 8.76. The van der Waals surface area contributed by atoms with Crippen molar-refractivity contribution in [3.05, 3.63) is 44.8 Å². The molecule has 0 amide bonds. The summed E-state index contributed by atoms with van der Waals surface area (Å²) in [6.07, 6.45) is 0. The van der Waals surface area contributed by atoms with Gasteiger partial charge < -0.3 is 9.47 Å². The lowest BCUT2D eigenvalue weighted by atomic mass is 10.1. The van der Waals surface area contributed by atoms with Crippen molar-refractivity contribution >= 4 is 120 Å². The van der Waals surface area contributed by atoms with Gasteiger partial charge in [0.2, 0.25) is 0 Å². The molecule has 0 radical (unpaired) electrons. The van der Waals surface area contributed by atoms with Crippen LogP contribution < -0.4 is 9.47 Å². The van der Waals surface area contributed by atoms with E-state index in [1.165, 1.54) is 19.2 Å². The average molecular weight is 751 g/mol. The molecule has 0 N–H and O–H groups in total. The van der Waals surface area contributed by atoms with Gasteiger partial charge in [0.1, 0.15) is 11.5 Å². The maximum atomic E-state index is 12.9. The lowest BCUT2D eigenvalue weighted by molar-refractivity contribution is 0.0936. The number of benzene rings is 1. The minimum Gasteiger partial charge on any atom is -0.491 e. The number of hydrogen-bond acceptors (Lipinski definition) is 10. The van der Waals surface area contributed by atoms with Crippen molar-refractivity contribution in [3.8, 4) is 31.0 Å². The van der Waals surface area contributed by atoms with Crippen molar-refractivity contribution in [1.82, 2.24) is 0 Å². The molecule has 10 heteroatoms. The monoisotopic (exact) mass is 750 g/mol. The summed E-state index contributed by atoms with van der Waals surface area (Å²) in [5.41, 5.74) is 0. The smallest absolute Gasteiger partial charge is 0.175 e. The molecule has 0 aliphatic rings. The molecule has 6 heterocycles. The van der Waals surface area contributed by atoms with Crippen LogP contribution in [0.25, 0.3) is 59.9 Å². The number of carbonyl (C=O) groups excluding carboxylic acids is 2. The molecule has 0 aliphatic heterocycles. The first kappa shape index (κ1) is 33.9. The van der Waals surface area contributed by atoms with E-state index in [0.29, 0.717) is 25.0 Å². The normalized spacial score (nSPS) is 12.4. The fourth-order valence-electron chi connectivity index (χ4n) is 5.56. The molecular weight excluding hydrogens is 713 g/mol. The van der Waals surface area contributed by atoms with Gasteiger partial charge in [0.05, 0.1) is 51.5 Å². The molecule has 0 fully saturated rings. The Hall–Kier alpha value is -2.60. The Morgan fingerprint density at radius 3 is 1.31 bits per heavy atom. The molecule has 6 aromatic heterocycles. The van der Waals surface area contributed by atoms with E-state index >= 15 is 0 Å². The van der Waals surface area contributed by atoms with Gasteiger partial charge in [-0.25, -0.2) is 0 Å². The maximum absolute atomic E-state index is 12.9. The summed E-state index contributed by atoms with van der Waals surface area (Å²) < 4.78 is 18.0. The van der Waals surface area contributed by atoms with Gasteiger partial charge >= 0.3 is 0 Å². The van der Waals surface area contributed by atoms with Crippen LogP contribution in [0.2, 0.25) is 0 Å². The molecule has 0 bridgehead atoms. The Labute approximate surface area is 305 Å². The van der Waals surface area contributed by atoms with Gasteiger partial charge in [-0.15, -0.1) is 68.0 Å². The second-order valence-electron chi connectivity index (χ2n) is 13.7. The number of rotatable bonds is 12. The summed E-state index contributed by atoms with van der Waals surface area (Å²) in [7, 11) is 0. The molecule has 250 valence electrons. The highest BCUT2D eigenvalue weighted by molar-refractivity contribution is 7.32. The predicted molar refractivity (Wildman–Crippen MR) is 214 cm³/mol. The van der Waals surface area contributed by atoms with Crippen molar-refractivity contribution in [2.24, 2.45) is 23.7 Å². The van der Waals surface area contributed by atoms with Crippen LogP contribution in [0.5, 0.6) is 11.5 Å². The molecule has 4 nitrogen and oxygen atoms in total. The van der Waals surface area contributed by atoms with Gasteiger partial charge in [-0.1, -0.05) is 55.4 Å². The quantitative estimate of drug-likeness (QED) is 0.117. The van der Waals surface area contributed by atoms with Crippen LogP contribution in [0.3, 0.4) is 0 Å². The van der Waals surface area contributed by atoms with E-state index in [1.807, 2.05) is 27.7 Å². The van der Waals surface area contributed by atoms with E-state index < -0.39 is 0 Å². The molecule has 0 aliphatic carbocycles. The highest BCUT2D eigenvalue weighted by Crippen LogP contribution is 2.55. The number of carbonyl (C=O) groups is 2. The average Bonchev–Trinajstić information content (AvgIpc) is 3.86. The summed E-state index contributed by atoms with van der Waals surface area (Å²) in [6.45, 7) is 17.8. The zero-order valence-corrected chi connectivity index (χ0v) is 33.2. The highest BCUT2D eigenvalue weighted by Gasteiger charge is 2.26. The highest BCUT2D eigenvalue weighted by atomic mass is 32.1. The first-order chi connectivity index (χ1) is 22.9. The predicted octanol–water partition coefficient (Wildman–Crippen LogP) is 13.7. The van der Waals surface area contributed by atoms with Gasteiger partial charge in [0.15, 0.2) is 11.6 Å². The first-order valence-electron chi connectivity index (χ1n) is 16.3. The van der Waals surface area contributed by atoms with Gasteiger partial charge in [-0.3, -0.25) is 9.59 Å². The third-order valence-electron chi connectivity index (χ3n) is 8.01. The molecule has 0 saturated carbocycles. The summed E-state index contributed by atoms with van der Waals surface area (Å²) in [5.74, 6) is 2.88. The minimum atomic E-state index is -0.0296. The van der Waals surface area contributed by atoms with Crippen LogP contribution in [0.4, 0.5) is 0 Å². The summed E-state index contributed by atoms with van der Waals surface area (Å²) in [6, 6.07) is 8.66.